The number of carboxylic acids is 2. The number of amides is 2. The lowest BCUT2D eigenvalue weighted by molar-refractivity contribution is -0.139. The first-order valence-corrected chi connectivity index (χ1v) is 4.88. The summed E-state index contributed by atoms with van der Waals surface area (Å²) in [7, 11) is 0. The Morgan fingerprint density at radius 3 is 2.19 bits per heavy atom. The molecule has 0 aromatic heterocycles. The Morgan fingerprint density at radius 1 is 1.25 bits per heavy atom. The zero-order valence-corrected chi connectivity index (χ0v) is 9.11. The first-order chi connectivity index (χ1) is 7.38. The van der Waals surface area contributed by atoms with Gasteiger partial charge in [0.05, 0.1) is 0 Å². The normalized spacial score (nSPS) is 13.6. The summed E-state index contributed by atoms with van der Waals surface area (Å²) in [4.78, 5) is 31.9. The van der Waals surface area contributed by atoms with Crippen LogP contribution in [0, 0.1) is 0 Å². The van der Waals surface area contributed by atoms with Crippen LogP contribution < -0.4 is 16.4 Å². The number of nitrogens with one attached hydrogen (secondary N) is 2. The molecule has 0 fully saturated rings. The molecule has 0 saturated heterocycles. The quantitative estimate of drug-likeness (QED) is 0.304. The summed E-state index contributed by atoms with van der Waals surface area (Å²) < 4.78 is 0. The van der Waals surface area contributed by atoms with Crippen LogP contribution in [0.5, 0.6) is 0 Å². The highest BCUT2D eigenvalue weighted by molar-refractivity contribution is 7.80. The molecule has 0 unspecified atom stereocenters. The number of thiol groups is 1. The van der Waals surface area contributed by atoms with E-state index in [1.807, 2.05) is 0 Å². The van der Waals surface area contributed by atoms with Gasteiger partial charge in [-0.3, -0.25) is 4.79 Å². The minimum Gasteiger partial charge on any atom is -0.480 e. The van der Waals surface area contributed by atoms with E-state index in [4.69, 9.17) is 15.9 Å². The number of rotatable bonds is 6. The molecule has 0 spiro atoms. The SMILES string of the molecule is N[C@@H](CNC(=O)N[C@@H](CS)C(=O)O)C(=O)O. The molecule has 2 atom stereocenters. The average molecular weight is 251 g/mol. The molecule has 0 aromatic carbocycles. The largest absolute Gasteiger partial charge is 0.480 e. The average Bonchev–Trinajstić information content (AvgIpc) is 2.21. The number of carbonyl (C=O) groups excluding carboxylic acids is 1. The molecule has 0 aromatic rings. The number of aliphatic carboxylic acids is 2. The van der Waals surface area contributed by atoms with E-state index in [1.54, 1.807) is 0 Å². The summed E-state index contributed by atoms with van der Waals surface area (Å²) >= 11 is 3.73. The van der Waals surface area contributed by atoms with E-state index in [-0.39, 0.29) is 12.3 Å². The Kier molecular flexibility index (Phi) is 6.27. The molecule has 6 N–H and O–H groups in total. The summed E-state index contributed by atoms with van der Waals surface area (Å²) in [5.41, 5.74) is 5.11. The van der Waals surface area contributed by atoms with Crippen LogP contribution in [0.3, 0.4) is 0 Å². The Bertz CT molecular complexity index is 285. The molecule has 8 nitrogen and oxygen atoms in total. The van der Waals surface area contributed by atoms with Crippen molar-refractivity contribution >= 4 is 30.6 Å². The van der Waals surface area contributed by atoms with E-state index in [1.165, 1.54) is 0 Å². The fourth-order valence-corrected chi connectivity index (χ4v) is 0.932. The number of nitrogens with two attached hydrogens (primary N) is 1. The summed E-state index contributed by atoms with van der Waals surface area (Å²) in [6.45, 7) is -0.292. The molecule has 0 rings (SSSR count). The maximum absolute atomic E-state index is 11.1. The van der Waals surface area contributed by atoms with Crippen LogP contribution in [0.4, 0.5) is 4.79 Å². The van der Waals surface area contributed by atoms with Gasteiger partial charge in [0.25, 0.3) is 0 Å². The molecule has 16 heavy (non-hydrogen) atoms. The Hall–Kier alpha value is -1.48. The van der Waals surface area contributed by atoms with Crippen LogP contribution in [0.15, 0.2) is 0 Å². The highest BCUT2D eigenvalue weighted by Crippen LogP contribution is 1.88. The Labute approximate surface area is 96.6 Å². The fourth-order valence-electron chi connectivity index (χ4n) is 0.685. The van der Waals surface area contributed by atoms with Crippen LogP contribution >= 0.6 is 12.6 Å². The monoisotopic (exact) mass is 251 g/mol. The topological polar surface area (TPSA) is 142 Å². The second-order valence-electron chi connectivity index (χ2n) is 2.87. The molecule has 0 radical (unpaired) electrons. The highest BCUT2D eigenvalue weighted by atomic mass is 32.1. The minimum absolute atomic E-state index is 0.0757. The molecular formula is C7H13N3O5S. The lowest BCUT2D eigenvalue weighted by Crippen LogP contribution is -2.50. The van der Waals surface area contributed by atoms with Crippen LogP contribution in [0.1, 0.15) is 0 Å². The van der Waals surface area contributed by atoms with E-state index in [0.717, 1.165) is 0 Å². The number of hydrogen-bond acceptors (Lipinski definition) is 5. The van der Waals surface area contributed by atoms with Gasteiger partial charge in [0.15, 0.2) is 0 Å². The lowest BCUT2D eigenvalue weighted by Gasteiger charge is -2.13. The zero-order chi connectivity index (χ0) is 12.7. The van der Waals surface area contributed by atoms with Crippen molar-refractivity contribution in [1.29, 1.82) is 0 Å². The van der Waals surface area contributed by atoms with Gasteiger partial charge >= 0.3 is 18.0 Å². The number of carbonyl (C=O) groups is 3. The standard InChI is InChI=1S/C7H13N3O5S/c8-3(5(11)12)1-9-7(15)10-4(2-16)6(13)14/h3-4,16H,1-2,8H2,(H,11,12)(H,13,14)(H2,9,10,15)/t3-,4-/m0/s1. The summed E-state index contributed by atoms with van der Waals surface area (Å²) in [5, 5.41) is 21.2. The van der Waals surface area contributed by atoms with Crippen molar-refractivity contribution in [2.24, 2.45) is 5.73 Å². The van der Waals surface area contributed by atoms with Crippen LogP contribution in [-0.4, -0.2) is 52.6 Å². The van der Waals surface area contributed by atoms with Crippen molar-refractivity contribution in [3.8, 4) is 0 Å². The summed E-state index contributed by atoms with van der Waals surface area (Å²) in [6.07, 6.45) is 0. The smallest absolute Gasteiger partial charge is 0.327 e. The van der Waals surface area contributed by atoms with Gasteiger partial charge < -0.3 is 26.6 Å². The molecule has 0 bridgehead atoms. The second kappa shape index (κ2) is 6.90. The molecular weight excluding hydrogens is 238 g/mol. The van der Waals surface area contributed by atoms with Crippen LogP contribution in [-0.2, 0) is 9.59 Å². The summed E-state index contributed by atoms with van der Waals surface area (Å²) in [5.74, 6) is -2.56. The molecule has 0 aliphatic rings. The van der Waals surface area contributed by atoms with Crippen molar-refractivity contribution in [2.75, 3.05) is 12.3 Å². The van der Waals surface area contributed by atoms with Gasteiger partial charge in [-0.1, -0.05) is 0 Å². The highest BCUT2D eigenvalue weighted by Gasteiger charge is 2.19. The Balaban J connectivity index is 3.99. The van der Waals surface area contributed by atoms with Crippen molar-refractivity contribution in [1.82, 2.24) is 10.6 Å². The summed E-state index contributed by atoms with van der Waals surface area (Å²) in [6, 6.07) is -3.17. The maximum atomic E-state index is 11.1. The maximum Gasteiger partial charge on any atom is 0.327 e. The first kappa shape index (κ1) is 14.5. The third-order valence-electron chi connectivity index (χ3n) is 1.59. The molecule has 0 heterocycles. The minimum atomic E-state index is -1.26. The fraction of sp³-hybridized carbons (Fsp3) is 0.571. The number of carboxylic acid groups (broad SMARTS) is 2. The van der Waals surface area contributed by atoms with Gasteiger partial charge in [-0.2, -0.15) is 12.6 Å². The van der Waals surface area contributed by atoms with Crippen molar-refractivity contribution in [2.45, 2.75) is 12.1 Å². The molecule has 9 heteroatoms. The zero-order valence-electron chi connectivity index (χ0n) is 8.21. The van der Waals surface area contributed by atoms with E-state index in [0.29, 0.717) is 0 Å². The number of hydrogen-bond donors (Lipinski definition) is 6. The van der Waals surface area contributed by atoms with Crippen molar-refractivity contribution in [3.05, 3.63) is 0 Å². The Morgan fingerprint density at radius 2 is 1.81 bits per heavy atom. The van der Waals surface area contributed by atoms with Gasteiger partial charge in [0, 0.05) is 12.3 Å². The lowest BCUT2D eigenvalue weighted by atomic mass is 10.3. The molecule has 0 aliphatic heterocycles. The van der Waals surface area contributed by atoms with E-state index in [9.17, 15) is 14.4 Å². The second-order valence-corrected chi connectivity index (χ2v) is 3.24. The van der Waals surface area contributed by atoms with Crippen molar-refractivity contribution in [3.63, 3.8) is 0 Å². The third kappa shape index (κ3) is 5.41. The van der Waals surface area contributed by atoms with E-state index >= 15 is 0 Å². The van der Waals surface area contributed by atoms with Gasteiger partial charge in [-0.15, -0.1) is 0 Å². The van der Waals surface area contributed by atoms with Gasteiger partial charge in [-0.05, 0) is 0 Å². The van der Waals surface area contributed by atoms with Gasteiger partial charge in [-0.25, -0.2) is 9.59 Å². The third-order valence-corrected chi connectivity index (χ3v) is 1.95. The molecule has 2 amide bonds. The van der Waals surface area contributed by atoms with Crippen LogP contribution in [0.25, 0.3) is 0 Å². The number of urea groups is 1. The predicted molar refractivity (Wildman–Crippen MR) is 57.4 cm³/mol. The first-order valence-electron chi connectivity index (χ1n) is 4.25. The van der Waals surface area contributed by atoms with E-state index in [2.05, 4.69) is 23.3 Å². The van der Waals surface area contributed by atoms with E-state index < -0.39 is 30.1 Å². The van der Waals surface area contributed by atoms with Crippen molar-refractivity contribution < 1.29 is 24.6 Å². The van der Waals surface area contributed by atoms with Gasteiger partial charge in [0.1, 0.15) is 12.1 Å². The molecule has 0 aliphatic carbocycles. The van der Waals surface area contributed by atoms with Gasteiger partial charge in [0.2, 0.25) is 0 Å². The molecule has 0 saturated carbocycles. The molecule has 92 valence electrons. The predicted octanol–water partition coefficient (Wildman–Crippen LogP) is -1.92. The van der Waals surface area contributed by atoms with Crippen LogP contribution in [0.2, 0.25) is 0 Å².